The van der Waals surface area contributed by atoms with Crippen LogP contribution in [0, 0.1) is 13.8 Å². The summed E-state index contributed by atoms with van der Waals surface area (Å²) in [5, 5.41) is 8.07. The number of piperidine rings is 1. The molecule has 364 valence electrons. The van der Waals surface area contributed by atoms with E-state index in [0.717, 1.165) is 28.0 Å². The summed E-state index contributed by atoms with van der Waals surface area (Å²) in [6, 6.07) is 3.37. The number of fused-ring (bicyclic) bond motifs is 1. The quantitative estimate of drug-likeness (QED) is 0.138. The molecule has 1 saturated heterocycles. The van der Waals surface area contributed by atoms with Gasteiger partial charge in [0.15, 0.2) is 11.3 Å². The molecule has 0 bridgehead atoms. The first-order valence-electron chi connectivity index (χ1n) is 22.6. The molecule has 0 aliphatic carbocycles. The Labute approximate surface area is 390 Å². The van der Waals surface area contributed by atoms with Crippen molar-refractivity contribution in [2.24, 2.45) is 0 Å². The lowest BCUT2D eigenvalue weighted by atomic mass is 9.98. The number of ether oxygens (including phenoxy) is 3. The highest BCUT2D eigenvalue weighted by atomic mass is 16.6. The summed E-state index contributed by atoms with van der Waals surface area (Å²) in [6.45, 7) is 24.3. The van der Waals surface area contributed by atoms with Crippen molar-refractivity contribution in [1.29, 1.82) is 0 Å². The van der Waals surface area contributed by atoms with Crippen LogP contribution in [0.2, 0.25) is 0 Å². The molecule has 3 aromatic rings. The van der Waals surface area contributed by atoms with Gasteiger partial charge in [0, 0.05) is 58.6 Å². The molecule has 1 atom stereocenters. The van der Waals surface area contributed by atoms with Gasteiger partial charge in [0.1, 0.15) is 23.3 Å². The second-order valence-electron chi connectivity index (χ2n) is 20.7. The lowest BCUT2D eigenvalue weighted by Gasteiger charge is -2.39. The van der Waals surface area contributed by atoms with Crippen molar-refractivity contribution in [2.75, 3.05) is 65.0 Å². The Hall–Kier alpha value is -5.62. The third-order valence-corrected chi connectivity index (χ3v) is 11.5. The molecule has 0 spiro atoms. The number of rotatable bonds is 16. The first-order valence-corrected chi connectivity index (χ1v) is 22.6. The first-order chi connectivity index (χ1) is 30.5. The van der Waals surface area contributed by atoms with Gasteiger partial charge in [0.05, 0.1) is 29.0 Å². The number of carbonyl (C=O) groups excluding carboxylic acids is 5. The van der Waals surface area contributed by atoms with Crippen LogP contribution < -0.4 is 11.1 Å². The third kappa shape index (κ3) is 14.4. The lowest BCUT2D eigenvalue weighted by molar-refractivity contribution is -0.128. The summed E-state index contributed by atoms with van der Waals surface area (Å²) in [7, 11) is 5.41. The highest BCUT2D eigenvalue weighted by Gasteiger charge is 2.42. The monoisotopic (exact) mass is 919 g/mol. The highest BCUT2D eigenvalue weighted by molar-refractivity contribution is 6.13. The Morgan fingerprint density at radius 2 is 1.53 bits per heavy atom. The minimum absolute atomic E-state index is 0.0166. The maximum absolute atomic E-state index is 13.9. The van der Waals surface area contributed by atoms with Crippen LogP contribution in [0.15, 0.2) is 30.6 Å². The van der Waals surface area contributed by atoms with Crippen molar-refractivity contribution in [3.8, 4) is 0 Å². The molecule has 1 fully saturated rings. The number of nitrogens with one attached hydrogen (secondary N) is 1. The molecule has 2 aromatic heterocycles. The van der Waals surface area contributed by atoms with Crippen LogP contribution in [-0.2, 0) is 30.2 Å². The van der Waals surface area contributed by atoms with E-state index in [9.17, 15) is 24.0 Å². The average Bonchev–Trinajstić information content (AvgIpc) is 3.59. The van der Waals surface area contributed by atoms with Gasteiger partial charge >= 0.3 is 12.2 Å². The first kappa shape index (κ1) is 53.0. The highest BCUT2D eigenvalue weighted by Crippen LogP contribution is 2.31. The Morgan fingerprint density at radius 1 is 0.894 bits per heavy atom. The van der Waals surface area contributed by atoms with Crippen molar-refractivity contribution < 1.29 is 38.2 Å². The molecule has 5 amide bonds. The van der Waals surface area contributed by atoms with Crippen molar-refractivity contribution in [1.82, 2.24) is 39.3 Å². The smallest absolute Gasteiger partial charge is 0.420 e. The van der Waals surface area contributed by atoms with Crippen molar-refractivity contribution in [2.45, 2.75) is 144 Å². The van der Waals surface area contributed by atoms with E-state index in [-0.39, 0.29) is 42.4 Å². The van der Waals surface area contributed by atoms with Gasteiger partial charge in [-0.3, -0.25) is 14.4 Å². The van der Waals surface area contributed by atoms with E-state index in [4.69, 9.17) is 25.0 Å². The lowest BCUT2D eigenvalue weighted by Crippen LogP contribution is -2.54. The maximum atomic E-state index is 13.9. The van der Waals surface area contributed by atoms with E-state index in [2.05, 4.69) is 20.2 Å². The number of hydrogen-bond donors (Lipinski definition) is 2. The summed E-state index contributed by atoms with van der Waals surface area (Å²) >= 11 is 0. The van der Waals surface area contributed by atoms with Crippen molar-refractivity contribution in [3.05, 3.63) is 53.0 Å². The van der Waals surface area contributed by atoms with Crippen molar-refractivity contribution in [3.63, 3.8) is 0 Å². The number of nitrogens with two attached hydrogens (primary N) is 1. The Balaban J connectivity index is 1.34. The summed E-state index contributed by atoms with van der Waals surface area (Å²) < 4.78 is 19.2. The molecule has 0 saturated carbocycles. The maximum Gasteiger partial charge on any atom is 0.420 e. The predicted octanol–water partition coefficient (Wildman–Crippen LogP) is 7.09. The van der Waals surface area contributed by atoms with E-state index < -0.39 is 40.4 Å². The van der Waals surface area contributed by atoms with E-state index in [1.807, 2.05) is 46.9 Å². The largest absolute Gasteiger partial charge is 0.443 e. The van der Waals surface area contributed by atoms with Crippen LogP contribution in [0.1, 0.15) is 128 Å². The summed E-state index contributed by atoms with van der Waals surface area (Å²) in [6.07, 6.45) is 5.94. The number of aromatic nitrogens is 4. The third-order valence-electron chi connectivity index (χ3n) is 11.5. The number of nitrogens with zero attached hydrogens (tertiary/aromatic N) is 8. The Kier molecular flexibility index (Phi) is 17.1. The normalized spacial score (nSPS) is 15.0. The van der Waals surface area contributed by atoms with Crippen LogP contribution in [0.4, 0.5) is 21.1 Å². The van der Waals surface area contributed by atoms with Gasteiger partial charge in [-0.25, -0.2) is 29.1 Å². The summed E-state index contributed by atoms with van der Waals surface area (Å²) in [4.78, 5) is 81.4. The van der Waals surface area contributed by atoms with E-state index in [1.165, 1.54) is 6.33 Å². The average molecular weight is 919 g/mol. The van der Waals surface area contributed by atoms with Gasteiger partial charge in [-0.2, -0.15) is 5.10 Å². The van der Waals surface area contributed by atoms with Crippen LogP contribution in [0.5, 0.6) is 0 Å². The van der Waals surface area contributed by atoms with Gasteiger partial charge in [-0.1, -0.05) is 12.1 Å². The van der Waals surface area contributed by atoms with Crippen LogP contribution in [-0.4, -0.2) is 146 Å². The number of likely N-dealkylation sites (N-methyl/N-ethyl adjacent to an activating group) is 2. The zero-order valence-electron chi connectivity index (χ0n) is 42.0. The fourth-order valence-corrected chi connectivity index (χ4v) is 7.40. The minimum atomic E-state index is -0.971. The fraction of sp³-hybridized carbons (Fsp3) is 0.625. The molecular formula is C48H74N10O8. The number of likely N-dealkylation sites (tertiary alicyclic amines) is 1. The van der Waals surface area contributed by atoms with E-state index in [0.29, 0.717) is 62.2 Å². The van der Waals surface area contributed by atoms with E-state index >= 15 is 0 Å². The molecule has 66 heavy (non-hydrogen) atoms. The van der Waals surface area contributed by atoms with Crippen LogP contribution >= 0.6 is 0 Å². The number of hydrogen-bond acceptors (Lipinski definition) is 13. The van der Waals surface area contributed by atoms with Gasteiger partial charge in [0.2, 0.25) is 11.8 Å². The minimum Gasteiger partial charge on any atom is -0.443 e. The predicted molar refractivity (Wildman–Crippen MR) is 255 cm³/mol. The molecule has 0 unspecified atom stereocenters. The van der Waals surface area contributed by atoms with Gasteiger partial charge in [0.25, 0.3) is 5.91 Å². The molecule has 18 heteroatoms. The number of imide groups is 1. The Bertz CT molecular complexity index is 2240. The fourth-order valence-electron chi connectivity index (χ4n) is 7.40. The van der Waals surface area contributed by atoms with Crippen molar-refractivity contribution >= 4 is 52.4 Å². The summed E-state index contributed by atoms with van der Waals surface area (Å²) in [5.41, 5.74) is 6.92. The van der Waals surface area contributed by atoms with Gasteiger partial charge in [-0.15, -0.1) is 0 Å². The standard InChI is InChI=1S/C48H74N10O8/c1-31-32(2)35(21-20-33(31)28-37(60)54(13)14)52-42(61)39-38-40(49)50-30-51-41(38)58(53-39)34-18-16-25-56(29-34)36(59)19-17-24-55(15)26-22-48(11,12)64-27-23-47(9,10)57(43(62)65-45(3,4)5)44(63)66-46(6,7)8/h17,19-21,30,34H,16,18,22-29H2,1-15H3,(H,52,61)(H2,49,50,51)/b19-17+/t34-/m1/s1. The number of carbonyl (C=O) groups is 5. The van der Waals surface area contributed by atoms with Gasteiger partial charge < -0.3 is 40.0 Å². The molecule has 3 heterocycles. The Morgan fingerprint density at radius 3 is 2.14 bits per heavy atom. The molecule has 1 aliphatic rings. The number of amides is 5. The van der Waals surface area contributed by atoms with E-state index in [1.54, 1.807) is 96.1 Å². The SMILES string of the molecule is Cc1c(CC(=O)N(C)C)ccc(NC(=O)c2nn([C@@H]3CCCN(C(=O)/C=C/CN(C)CCC(C)(C)OCCC(C)(C)N(C(=O)OC(C)(C)C)C(=O)OC(C)(C)C)C3)c3ncnc(N)c23)c1C. The second-order valence-corrected chi connectivity index (χ2v) is 20.7. The number of benzene rings is 1. The second kappa shape index (κ2) is 21.3. The van der Waals surface area contributed by atoms with Crippen LogP contribution in [0.3, 0.4) is 0 Å². The topological polar surface area (TPSA) is 208 Å². The molecule has 4 rings (SSSR count). The summed E-state index contributed by atoms with van der Waals surface area (Å²) in [5.74, 6) is -0.497. The number of anilines is 2. The molecule has 18 nitrogen and oxygen atoms in total. The molecule has 1 aromatic carbocycles. The zero-order valence-corrected chi connectivity index (χ0v) is 42.0. The van der Waals surface area contributed by atoms with Gasteiger partial charge in [-0.05, 0) is 139 Å². The zero-order chi connectivity index (χ0) is 49.5. The molecule has 3 N–H and O–H groups in total. The van der Waals surface area contributed by atoms with Crippen LogP contribution in [0.25, 0.3) is 11.0 Å². The molecular weight excluding hydrogens is 845 g/mol. The number of nitrogen functional groups attached to an aromatic ring is 1. The molecule has 0 radical (unpaired) electrons. The molecule has 1 aliphatic heterocycles.